The van der Waals surface area contributed by atoms with Gasteiger partial charge < -0.3 is 50.0 Å². The van der Waals surface area contributed by atoms with Crippen LogP contribution in [0.1, 0.15) is 106 Å². The van der Waals surface area contributed by atoms with Gasteiger partial charge in [-0.2, -0.15) is 0 Å². The van der Waals surface area contributed by atoms with Crippen LogP contribution in [-0.4, -0.2) is 143 Å². The predicted octanol–water partition coefficient (Wildman–Crippen LogP) is 4.83. The highest BCUT2D eigenvalue weighted by molar-refractivity contribution is 5.97. The second-order valence-electron chi connectivity index (χ2n) is 21.0. The molecule has 0 bridgehead atoms. The Bertz CT molecular complexity index is 2220. The summed E-state index contributed by atoms with van der Waals surface area (Å²) < 4.78 is 24.0. The molecule has 4 rings (SSSR count). The van der Waals surface area contributed by atoms with Crippen molar-refractivity contribution >= 4 is 58.9 Å². The zero-order chi connectivity index (χ0) is 53.4. The van der Waals surface area contributed by atoms with Gasteiger partial charge in [-0.25, -0.2) is 19.2 Å². The lowest BCUT2D eigenvalue weighted by Crippen LogP contribution is -2.56. The molecule has 1 saturated carbocycles. The Morgan fingerprint density at radius 2 is 0.845 bits per heavy atom. The first kappa shape index (κ1) is 57.4. The van der Waals surface area contributed by atoms with Crippen molar-refractivity contribution in [2.45, 2.75) is 156 Å². The zero-order valence-electron chi connectivity index (χ0n) is 44.1. The van der Waals surface area contributed by atoms with Crippen LogP contribution in [0.4, 0.5) is 11.4 Å². The Labute approximate surface area is 419 Å². The topological polar surface area (TPSA) is 238 Å². The fraction of sp³-hybridized carbons (Fsp3) is 0.623. The van der Waals surface area contributed by atoms with E-state index in [1.165, 1.54) is 46.9 Å². The molecular formula is C53H78N6O12. The van der Waals surface area contributed by atoms with Crippen LogP contribution < -0.4 is 11.5 Å². The monoisotopic (exact) mass is 991 g/mol. The lowest BCUT2D eigenvalue weighted by molar-refractivity contribution is -0.177. The first-order valence-electron chi connectivity index (χ1n) is 24.7. The van der Waals surface area contributed by atoms with E-state index in [1.54, 1.807) is 48.5 Å². The van der Waals surface area contributed by atoms with Gasteiger partial charge >= 0.3 is 23.9 Å². The number of cyclic esters (lactones) is 4. The number of amides is 4. The average Bonchev–Trinajstić information content (AvgIpc) is 4.08. The van der Waals surface area contributed by atoms with E-state index in [1.807, 2.05) is 55.4 Å². The Kier molecular flexibility index (Phi) is 19.6. The minimum atomic E-state index is -1.58. The molecule has 2 aromatic carbocycles. The van der Waals surface area contributed by atoms with Gasteiger partial charge in [-0.1, -0.05) is 79.7 Å². The highest BCUT2D eigenvalue weighted by atomic mass is 16.6. The molecule has 0 aromatic heterocycles. The number of anilines is 2. The van der Waals surface area contributed by atoms with Crippen LogP contribution in [-0.2, 0) is 70.1 Å². The molecule has 2 aliphatic rings. The standard InChI is InChI=1S/C53H78N6O12/c1-29(2)23-40-49(64)68-33(9)45(60)56(11)42(25-31(5)6)51(66)71-44(27-36-17-21-38(55)22-18-36)48(63)59(14)53(28-39(53)32(7)8)52(67)69-34(10)46(61)57(12)41(24-30(3)4)50(65)70-43(47(62)58(40)13)26-35-15-19-37(54)20-16-35/h15-22,29-34,39-44H,23-28,54-55H2,1-14H3/t33-,34-,39?,40+,41+,42+,43-,44-,53?/m1/s1. The van der Waals surface area contributed by atoms with Crippen LogP contribution in [0.3, 0.4) is 0 Å². The molecule has 1 heterocycles. The van der Waals surface area contributed by atoms with Gasteiger partial charge in [-0.05, 0) is 105 Å². The van der Waals surface area contributed by atoms with E-state index in [-0.39, 0.29) is 62.2 Å². The minimum Gasteiger partial charge on any atom is -0.451 e. The maximum absolute atomic E-state index is 14.9. The van der Waals surface area contributed by atoms with Crippen LogP contribution in [0.5, 0.6) is 0 Å². The van der Waals surface area contributed by atoms with E-state index in [4.69, 9.17) is 30.4 Å². The molecule has 1 aliphatic heterocycles. The van der Waals surface area contributed by atoms with Crippen LogP contribution in [0.2, 0.25) is 0 Å². The summed E-state index contributed by atoms with van der Waals surface area (Å²) in [6.45, 7) is 17.6. The van der Waals surface area contributed by atoms with Gasteiger partial charge in [0.2, 0.25) is 0 Å². The van der Waals surface area contributed by atoms with Crippen LogP contribution in [0.15, 0.2) is 48.5 Å². The lowest BCUT2D eigenvalue weighted by Gasteiger charge is -2.36. The average molecular weight is 991 g/mol. The van der Waals surface area contributed by atoms with Crippen molar-refractivity contribution in [3.63, 3.8) is 0 Å². The summed E-state index contributed by atoms with van der Waals surface area (Å²) in [7, 11) is 5.56. The van der Waals surface area contributed by atoms with E-state index < -0.39 is 102 Å². The molecule has 2 fully saturated rings. The number of esters is 4. The van der Waals surface area contributed by atoms with E-state index >= 15 is 0 Å². The normalized spacial score (nSPS) is 27.4. The summed E-state index contributed by atoms with van der Waals surface area (Å²) >= 11 is 0. The summed E-state index contributed by atoms with van der Waals surface area (Å²) in [6.07, 6.45) is -5.82. The molecular weight excluding hydrogens is 913 g/mol. The maximum atomic E-state index is 14.9. The van der Waals surface area contributed by atoms with Gasteiger partial charge in [0, 0.05) is 52.4 Å². The Hall–Kier alpha value is -6.20. The summed E-state index contributed by atoms with van der Waals surface area (Å²) in [5.41, 5.74) is 12.4. The quantitative estimate of drug-likeness (QED) is 0.174. The van der Waals surface area contributed by atoms with E-state index in [9.17, 15) is 38.4 Å². The summed E-state index contributed by atoms with van der Waals surface area (Å²) in [4.78, 5) is 121. The SMILES string of the molecule is CC(C)C[C@H]1C(=O)O[C@H](Cc2ccc(N)cc2)C(=O)N(C)C2(CC2C(C)C)C(=O)O[C@H](C)C(=O)N(C)[C@@H](CC(C)C)C(=O)O[C@H](Cc2ccc(N)cc2)C(=O)N(C)[C@@H](CC(C)C)C(=O)O[C@H](C)C(=O)N1C. The fourth-order valence-corrected chi connectivity index (χ4v) is 9.22. The number of benzene rings is 2. The Morgan fingerprint density at radius 1 is 0.507 bits per heavy atom. The number of hydrogen-bond acceptors (Lipinski definition) is 14. The summed E-state index contributed by atoms with van der Waals surface area (Å²) in [5.74, 6) is -7.71. The highest BCUT2D eigenvalue weighted by Gasteiger charge is 2.67. The molecule has 1 saturated heterocycles. The molecule has 4 N–H and O–H groups in total. The third-order valence-electron chi connectivity index (χ3n) is 13.6. The van der Waals surface area contributed by atoms with Crippen LogP contribution in [0, 0.1) is 29.6 Å². The first-order valence-corrected chi connectivity index (χ1v) is 24.7. The molecule has 4 amide bonds. The maximum Gasteiger partial charge on any atom is 0.333 e. The molecule has 1 aliphatic carbocycles. The molecule has 9 atom stereocenters. The molecule has 392 valence electrons. The van der Waals surface area contributed by atoms with Gasteiger partial charge in [0.1, 0.15) is 23.7 Å². The molecule has 2 unspecified atom stereocenters. The number of rotatable bonds is 11. The first-order chi connectivity index (χ1) is 33.1. The number of likely N-dealkylation sites (N-methyl/N-ethyl adjacent to an activating group) is 4. The Balaban J connectivity index is 1.89. The number of nitrogens with two attached hydrogens (primary N) is 2. The van der Waals surface area contributed by atoms with Crippen molar-refractivity contribution in [1.82, 2.24) is 19.6 Å². The second kappa shape index (κ2) is 24.3. The van der Waals surface area contributed by atoms with Crippen LogP contribution >= 0.6 is 0 Å². The molecule has 0 radical (unpaired) electrons. The largest absolute Gasteiger partial charge is 0.451 e. The Morgan fingerprint density at radius 3 is 1.20 bits per heavy atom. The molecule has 71 heavy (non-hydrogen) atoms. The number of nitrogens with zero attached hydrogens (tertiary/aromatic N) is 4. The molecule has 1 spiro atoms. The van der Waals surface area contributed by atoms with Gasteiger partial charge in [0.15, 0.2) is 24.4 Å². The van der Waals surface area contributed by atoms with Crippen molar-refractivity contribution in [1.29, 1.82) is 0 Å². The van der Waals surface area contributed by atoms with Crippen molar-refractivity contribution in [3.05, 3.63) is 59.7 Å². The smallest absolute Gasteiger partial charge is 0.333 e. The van der Waals surface area contributed by atoms with Gasteiger partial charge in [0.25, 0.3) is 23.6 Å². The van der Waals surface area contributed by atoms with E-state index in [2.05, 4.69) is 0 Å². The molecule has 2 aromatic rings. The lowest BCUT2D eigenvalue weighted by atomic mass is 10.00. The van der Waals surface area contributed by atoms with E-state index in [0.29, 0.717) is 22.5 Å². The van der Waals surface area contributed by atoms with Crippen molar-refractivity contribution < 1.29 is 57.3 Å². The second-order valence-corrected chi connectivity index (χ2v) is 21.0. The van der Waals surface area contributed by atoms with Crippen LogP contribution in [0.25, 0.3) is 0 Å². The predicted molar refractivity (Wildman–Crippen MR) is 266 cm³/mol. The number of carbonyl (C=O) groups excluding carboxylic acids is 8. The fourth-order valence-electron chi connectivity index (χ4n) is 9.22. The number of hydrogen-bond donors (Lipinski definition) is 2. The van der Waals surface area contributed by atoms with Crippen molar-refractivity contribution in [2.75, 3.05) is 39.7 Å². The molecule has 18 heteroatoms. The summed E-state index contributed by atoms with van der Waals surface area (Å²) in [6, 6.07) is 9.43. The van der Waals surface area contributed by atoms with Crippen molar-refractivity contribution in [2.24, 2.45) is 29.6 Å². The third kappa shape index (κ3) is 14.2. The number of ether oxygens (including phenoxy) is 4. The number of carbonyl (C=O) groups is 8. The van der Waals surface area contributed by atoms with E-state index in [0.717, 1.165) is 14.7 Å². The zero-order valence-corrected chi connectivity index (χ0v) is 44.1. The van der Waals surface area contributed by atoms with Gasteiger partial charge in [0.05, 0.1) is 0 Å². The number of nitrogen functional groups attached to an aromatic ring is 2. The summed E-state index contributed by atoms with van der Waals surface area (Å²) in [5, 5.41) is 0. The third-order valence-corrected chi connectivity index (χ3v) is 13.6. The van der Waals surface area contributed by atoms with Crippen molar-refractivity contribution in [3.8, 4) is 0 Å². The highest BCUT2D eigenvalue weighted by Crippen LogP contribution is 2.53. The van der Waals surface area contributed by atoms with Gasteiger partial charge in [-0.3, -0.25) is 19.2 Å². The minimum absolute atomic E-state index is 0.0869. The molecule has 18 nitrogen and oxygen atoms in total. The van der Waals surface area contributed by atoms with Gasteiger partial charge in [-0.15, -0.1) is 0 Å².